The van der Waals surface area contributed by atoms with Crippen LogP contribution in [-0.4, -0.2) is 15.5 Å². The Morgan fingerprint density at radius 1 is 1.04 bits per heavy atom. The molecule has 2 aromatic carbocycles. The predicted octanol–water partition coefficient (Wildman–Crippen LogP) is 4.11. The molecule has 3 aromatic rings. The van der Waals surface area contributed by atoms with Crippen molar-refractivity contribution in [1.82, 2.24) is 9.55 Å². The van der Waals surface area contributed by atoms with Gasteiger partial charge in [-0.3, -0.25) is 4.79 Å². The summed E-state index contributed by atoms with van der Waals surface area (Å²) in [7, 11) is 0. The maximum absolute atomic E-state index is 12.4. The summed E-state index contributed by atoms with van der Waals surface area (Å²) in [5.41, 5.74) is 4.99. The Morgan fingerprint density at radius 2 is 1.79 bits per heavy atom. The van der Waals surface area contributed by atoms with Crippen LogP contribution in [0.15, 0.2) is 54.9 Å². The van der Waals surface area contributed by atoms with E-state index in [1.54, 1.807) is 6.20 Å². The van der Waals surface area contributed by atoms with Gasteiger partial charge in [-0.15, -0.1) is 0 Å². The van der Waals surface area contributed by atoms with Gasteiger partial charge in [-0.05, 0) is 61.7 Å². The molecular weight excluding hydrogens is 298 g/mol. The molecule has 0 saturated carbocycles. The lowest BCUT2D eigenvalue weighted by atomic mass is 10.1. The van der Waals surface area contributed by atoms with E-state index < -0.39 is 0 Å². The van der Waals surface area contributed by atoms with E-state index in [9.17, 15) is 4.79 Å². The highest BCUT2D eigenvalue weighted by atomic mass is 16.1. The first-order valence-electron chi connectivity index (χ1n) is 7.98. The normalized spacial score (nSPS) is 10.6. The largest absolute Gasteiger partial charge is 0.331 e. The monoisotopic (exact) mass is 319 g/mol. The van der Waals surface area contributed by atoms with Crippen LogP contribution in [0.1, 0.15) is 32.9 Å². The quantitative estimate of drug-likeness (QED) is 0.786. The molecule has 3 rings (SSSR count). The van der Waals surface area contributed by atoms with E-state index in [1.807, 2.05) is 62.5 Å². The third-order valence-electron chi connectivity index (χ3n) is 4.26. The topological polar surface area (TPSA) is 46.9 Å². The molecule has 0 aliphatic heterocycles. The third kappa shape index (κ3) is 3.54. The van der Waals surface area contributed by atoms with Crippen LogP contribution < -0.4 is 5.32 Å². The van der Waals surface area contributed by atoms with Crippen molar-refractivity contribution in [1.29, 1.82) is 0 Å². The van der Waals surface area contributed by atoms with Gasteiger partial charge in [0.05, 0.1) is 0 Å². The number of aromatic nitrogens is 2. The van der Waals surface area contributed by atoms with Gasteiger partial charge in [-0.1, -0.05) is 18.2 Å². The number of hydrogen-bond acceptors (Lipinski definition) is 2. The minimum absolute atomic E-state index is 0.0939. The zero-order valence-corrected chi connectivity index (χ0v) is 14.2. The van der Waals surface area contributed by atoms with Crippen molar-refractivity contribution in [2.75, 3.05) is 5.32 Å². The van der Waals surface area contributed by atoms with Gasteiger partial charge >= 0.3 is 0 Å². The van der Waals surface area contributed by atoms with Gasteiger partial charge in [0.1, 0.15) is 5.82 Å². The second-order valence-corrected chi connectivity index (χ2v) is 6.05. The molecule has 1 aromatic heterocycles. The molecule has 1 N–H and O–H groups in total. The number of nitrogens with one attached hydrogen (secondary N) is 1. The van der Waals surface area contributed by atoms with Crippen LogP contribution >= 0.6 is 0 Å². The Morgan fingerprint density at radius 3 is 2.42 bits per heavy atom. The first-order chi connectivity index (χ1) is 11.5. The van der Waals surface area contributed by atoms with Gasteiger partial charge in [0, 0.05) is 30.2 Å². The van der Waals surface area contributed by atoms with E-state index in [4.69, 9.17) is 0 Å². The number of aryl methyl sites for hydroxylation is 3. The highest BCUT2D eigenvalue weighted by molar-refractivity contribution is 6.04. The molecule has 0 aliphatic rings. The maximum atomic E-state index is 12.4. The Kier molecular flexibility index (Phi) is 4.47. The number of imidazole rings is 1. The molecule has 0 atom stereocenters. The van der Waals surface area contributed by atoms with E-state index in [1.165, 1.54) is 11.1 Å². The first-order valence-corrected chi connectivity index (χ1v) is 7.98. The molecule has 122 valence electrons. The molecule has 4 nitrogen and oxygen atoms in total. The van der Waals surface area contributed by atoms with Crippen molar-refractivity contribution in [2.24, 2.45) is 0 Å². The lowest BCUT2D eigenvalue weighted by Gasteiger charge is -2.09. The van der Waals surface area contributed by atoms with Crippen LogP contribution in [0.5, 0.6) is 0 Å². The van der Waals surface area contributed by atoms with Crippen LogP contribution in [0, 0.1) is 20.8 Å². The summed E-state index contributed by atoms with van der Waals surface area (Å²) < 4.78 is 2.07. The van der Waals surface area contributed by atoms with E-state index in [-0.39, 0.29) is 5.91 Å². The van der Waals surface area contributed by atoms with Crippen molar-refractivity contribution in [2.45, 2.75) is 27.3 Å². The van der Waals surface area contributed by atoms with E-state index in [0.29, 0.717) is 5.56 Å². The summed E-state index contributed by atoms with van der Waals surface area (Å²) in [6.45, 7) is 6.83. The van der Waals surface area contributed by atoms with Crippen molar-refractivity contribution in [3.8, 4) is 0 Å². The molecule has 0 bridgehead atoms. The number of benzene rings is 2. The molecule has 1 heterocycles. The molecule has 0 unspecified atom stereocenters. The van der Waals surface area contributed by atoms with Crippen molar-refractivity contribution in [3.63, 3.8) is 0 Å². The number of amides is 1. The number of hydrogen-bond donors (Lipinski definition) is 1. The van der Waals surface area contributed by atoms with Gasteiger partial charge in [-0.25, -0.2) is 4.98 Å². The molecule has 0 saturated heterocycles. The molecule has 0 radical (unpaired) electrons. The van der Waals surface area contributed by atoms with Crippen molar-refractivity contribution >= 4 is 11.6 Å². The average molecular weight is 319 g/mol. The lowest BCUT2D eigenvalue weighted by molar-refractivity contribution is 0.102. The maximum Gasteiger partial charge on any atom is 0.255 e. The van der Waals surface area contributed by atoms with Gasteiger partial charge in [0.2, 0.25) is 0 Å². The van der Waals surface area contributed by atoms with Crippen molar-refractivity contribution < 1.29 is 4.79 Å². The Bertz CT molecular complexity index is 863. The zero-order valence-electron chi connectivity index (χ0n) is 14.2. The van der Waals surface area contributed by atoms with Crippen LogP contribution in [0.4, 0.5) is 5.69 Å². The minimum Gasteiger partial charge on any atom is -0.331 e. The van der Waals surface area contributed by atoms with Gasteiger partial charge < -0.3 is 9.88 Å². The van der Waals surface area contributed by atoms with Crippen LogP contribution in [0.3, 0.4) is 0 Å². The number of rotatable bonds is 4. The fourth-order valence-corrected chi connectivity index (χ4v) is 2.55. The number of carbonyl (C=O) groups is 1. The van der Waals surface area contributed by atoms with E-state index >= 15 is 0 Å². The third-order valence-corrected chi connectivity index (χ3v) is 4.26. The smallest absolute Gasteiger partial charge is 0.255 e. The summed E-state index contributed by atoms with van der Waals surface area (Å²) in [6.07, 6.45) is 3.75. The highest BCUT2D eigenvalue weighted by Crippen LogP contribution is 2.16. The Labute approximate surface area is 142 Å². The SMILES string of the molecule is Cc1ccc(NC(=O)c2ccc(Cn3ccnc3C)cc2)cc1C. The van der Waals surface area contributed by atoms with Crippen molar-refractivity contribution in [3.05, 3.63) is 82.9 Å². The molecule has 1 amide bonds. The zero-order chi connectivity index (χ0) is 17.1. The van der Waals surface area contributed by atoms with Gasteiger partial charge in [0.25, 0.3) is 5.91 Å². The summed E-state index contributed by atoms with van der Waals surface area (Å²) in [5.74, 6) is 0.884. The molecule has 0 spiro atoms. The standard InChI is InChI=1S/C20H21N3O/c1-14-4-9-19(12-15(14)2)22-20(24)18-7-5-17(6-8-18)13-23-11-10-21-16(23)3/h4-12H,13H2,1-3H3,(H,22,24). The summed E-state index contributed by atoms with van der Waals surface area (Å²) in [5, 5.41) is 2.95. The number of anilines is 1. The Balaban J connectivity index is 1.69. The second-order valence-electron chi connectivity index (χ2n) is 6.05. The molecule has 0 aliphatic carbocycles. The van der Waals surface area contributed by atoms with E-state index in [0.717, 1.165) is 23.6 Å². The van der Waals surface area contributed by atoms with Crippen LogP contribution in [0.25, 0.3) is 0 Å². The fourth-order valence-electron chi connectivity index (χ4n) is 2.55. The summed E-state index contributed by atoms with van der Waals surface area (Å²) in [6, 6.07) is 13.6. The molecular formula is C20H21N3O. The minimum atomic E-state index is -0.0939. The van der Waals surface area contributed by atoms with Crippen LogP contribution in [0.2, 0.25) is 0 Å². The highest BCUT2D eigenvalue weighted by Gasteiger charge is 2.07. The first kappa shape index (κ1) is 16.0. The number of carbonyl (C=O) groups excluding carboxylic acids is 1. The lowest BCUT2D eigenvalue weighted by Crippen LogP contribution is -2.12. The van der Waals surface area contributed by atoms with Gasteiger partial charge in [0.15, 0.2) is 0 Å². The van der Waals surface area contributed by atoms with E-state index in [2.05, 4.69) is 21.8 Å². The van der Waals surface area contributed by atoms with Crippen LogP contribution in [-0.2, 0) is 6.54 Å². The molecule has 24 heavy (non-hydrogen) atoms. The summed E-state index contributed by atoms with van der Waals surface area (Å²) in [4.78, 5) is 16.6. The molecule has 0 fully saturated rings. The average Bonchev–Trinajstić information content (AvgIpc) is 2.97. The predicted molar refractivity (Wildman–Crippen MR) is 96.4 cm³/mol. The number of nitrogens with zero attached hydrogens (tertiary/aromatic N) is 2. The summed E-state index contributed by atoms with van der Waals surface area (Å²) >= 11 is 0. The second kappa shape index (κ2) is 6.71. The van der Waals surface area contributed by atoms with Gasteiger partial charge in [-0.2, -0.15) is 0 Å². The molecule has 4 heteroatoms. The fraction of sp³-hybridized carbons (Fsp3) is 0.200. The Hall–Kier alpha value is -2.88.